The Morgan fingerprint density at radius 3 is 1.83 bits per heavy atom. The Hall–Kier alpha value is 0. The zero-order valence-electron chi connectivity index (χ0n) is 9.27. The van der Waals surface area contributed by atoms with E-state index in [-0.39, 0.29) is 0 Å². The number of rotatable bonds is 6. The van der Waals surface area contributed by atoms with Crippen molar-refractivity contribution in [2.75, 3.05) is 0 Å². The quantitative estimate of drug-likeness (QED) is 0.520. The Morgan fingerprint density at radius 2 is 1.42 bits per heavy atom. The van der Waals surface area contributed by atoms with Gasteiger partial charge in [0, 0.05) is 0 Å². The summed E-state index contributed by atoms with van der Waals surface area (Å²) in [5.74, 6) is 2.29. The highest BCUT2D eigenvalue weighted by Gasteiger charge is 2.06. The first kappa shape index (κ1) is 12.0. The van der Waals surface area contributed by atoms with Crippen LogP contribution in [-0.4, -0.2) is 0 Å². The fraction of sp³-hybridized carbons (Fsp3) is 0.917. The standard InChI is InChI=1S/C12H25/c1-10(2)8-6-7-9-12(5)11(3)4/h10-12H,3,6-9H2,1-2,4-5H3. The van der Waals surface area contributed by atoms with Crippen LogP contribution < -0.4 is 0 Å². The van der Waals surface area contributed by atoms with Gasteiger partial charge in [-0.25, -0.2) is 0 Å². The van der Waals surface area contributed by atoms with Crippen LogP contribution in [0, 0.1) is 24.7 Å². The van der Waals surface area contributed by atoms with Crippen molar-refractivity contribution >= 4 is 0 Å². The second kappa shape index (κ2) is 6.51. The SMILES string of the molecule is [CH2]C(C)C(C)CCCCC(C)C. The first-order valence-corrected chi connectivity index (χ1v) is 5.37. The van der Waals surface area contributed by atoms with E-state index in [1.54, 1.807) is 0 Å². The van der Waals surface area contributed by atoms with Gasteiger partial charge in [-0.15, -0.1) is 0 Å². The normalized spacial score (nSPS) is 14.2. The molecule has 73 valence electrons. The predicted octanol–water partition coefficient (Wildman–Crippen LogP) is 4.31. The van der Waals surface area contributed by atoms with E-state index in [1.807, 2.05) is 0 Å². The number of unbranched alkanes of at least 4 members (excludes halogenated alkanes) is 1. The highest BCUT2D eigenvalue weighted by atomic mass is 14.1. The minimum atomic E-state index is 0.615. The minimum Gasteiger partial charge on any atom is -0.0628 e. The first-order chi connectivity index (χ1) is 5.54. The average molecular weight is 169 g/mol. The van der Waals surface area contributed by atoms with E-state index < -0.39 is 0 Å². The second-order valence-electron chi connectivity index (χ2n) is 4.63. The van der Waals surface area contributed by atoms with Gasteiger partial charge in [-0.1, -0.05) is 60.3 Å². The van der Waals surface area contributed by atoms with Crippen LogP contribution in [0.1, 0.15) is 53.4 Å². The molecule has 2 atom stereocenters. The molecule has 0 amide bonds. The maximum atomic E-state index is 4.05. The monoisotopic (exact) mass is 169 g/mol. The third kappa shape index (κ3) is 6.69. The molecule has 12 heavy (non-hydrogen) atoms. The molecule has 0 aromatic rings. The molecule has 0 spiro atoms. The average Bonchev–Trinajstić information content (AvgIpc) is 1.97. The van der Waals surface area contributed by atoms with Crippen LogP contribution in [0.4, 0.5) is 0 Å². The van der Waals surface area contributed by atoms with E-state index in [9.17, 15) is 0 Å². The van der Waals surface area contributed by atoms with Crippen LogP contribution in [0.5, 0.6) is 0 Å². The molecule has 0 aliphatic heterocycles. The third-order valence-corrected chi connectivity index (χ3v) is 2.66. The zero-order chi connectivity index (χ0) is 9.56. The maximum Gasteiger partial charge on any atom is -0.0417 e. The minimum absolute atomic E-state index is 0.615. The van der Waals surface area contributed by atoms with Gasteiger partial charge in [-0.05, 0) is 17.8 Å². The summed E-state index contributed by atoms with van der Waals surface area (Å²) in [6, 6.07) is 0. The Labute approximate surface area is 78.8 Å². The highest BCUT2D eigenvalue weighted by molar-refractivity contribution is 4.63. The summed E-state index contributed by atoms with van der Waals surface area (Å²) in [6.07, 6.45) is 5.53. The number of hydrogen-bond acceptors (Lipinski definition) is 0. The van der Waals surface area contributed by atoms with E-state index >= 15 is 0 Å². The van der Waals surface area contributed by atoms with Gasteiger partial charge in [0.15, 0.2) is 0 Å². The topological polar surface area (TPSA) is 0 Å². The van der Waals surface area contributed by atoms with E-state index in [0.717, 1.165) is 11.8 Å². The molecule has 0 heterocycles. The van der Waals surface area contributed by atoms with Crippen LogP contribution in [0.15, 0.2) is 0 Å². The lowest BCUT2D eigenvalue weighted by Crippen LogP contribution is -2.03. The fourth-order valence-corrected chi connectivity index (χ4v) is 1.30. The molecule has 1 radical (unpaired) electrons. The lowest BCUT2D eigenvalue weighted by molar-refractivity contribution is 0.396. The molecule has 0 aromatic carbocycles. The predicted molar refractivity (Wildman–Crippen MR) is 57.0 cm³/mol. The molecule has 0 aromatic heterocycles. The van der Waals surface area contributed by atoms with Crippen molar-refractivity contribution < 1.29 is 0 Å². The molecule has 0 nitrogen and oxygen atoms in total. The summed E-state index contributed by atoms with van der Waals surface area (Å²) in [4.78, 5) is 0. The van der Waals surface area contributed by atoms with Crippen molar-refractivity contribution in [3.8, 4) is 0 Å². The maximum absolute atomic E-state index is 4.05. The lowest BCUT2D eigenvalue weighted by Gasteiger charge is -2.14. The molecular formula is C12H25. The lowest BCUT2D eigenvalue weighted by atomic mass is 9.91. The van der Waals surface area contributed by atoms with Crippen molar-refractivity contribution in [3.05, 3.63) is 6.92 Å². The number of hydrogen-bond donors (Lipinski definition) is 0. The molecule has 0 aliphatic carbocycles. The molecule has 0 N–H and O–H groups in total. The smallest absolute Gasteiger partial charge is 0.0417 e. The Kier molecular flexibility index (Phi) is 6.51. The fourth-order valence-electron chi connectivity index (χ4n) is 1.30. The van der Waals surface area contributed by atoms with Gasteiger partial charge < -0.3 is 0 Å². The van der Waals surface area contributed by atoms with Crippen molar-refractivity contribution in [2.45, 2.75) is 53.4 Å². The van der Waals surface area contributed by atoms with Crippen LogP contribution in [0.3, 0.4) is 0 Å². The summed E-state index contributed by atoms with van der Waals surface area (Å²) in [6.45, 7) is 13.2. The molecular weight excluding hydrogens is 144 g/mol. The molecule has 0 rings (SSSR count). The van der Waals surface area contributed by atoms with Gasteiger partial charge in [0.2, 0.25) is 0 Å². The van der Waals surface area contributed by atoms with Crippen molar-refractivity contribution in [2.24, 2.45) is 17.8 Å². The van der Waals surface area contributed by atoms with Gasteiger partial charge in [0.1, 0.15) is 0 Å². The van der Waals surface area contributed by atoms with E-state index in [1.165, 1.54) is 25.7 Å². The van der Waals surface area contributed by atoms with Gasteiger partial charge in [0.05, 0.1) is 0 Å². The molecule has 0 saturated carbocycles. The second-order valence-corrected chi connectivity index (χ2v) is 4.63. The third-order valence-electron chi connectivity index (χ3n) is 2.66. The van der Waals surface area contributed by atoms with Crippen molar-refractivity contribution in [1.29, 1.82) is 0 Å². The molecule has 2 unspecified atom stereocenters. The summed E-state index contributed by atoms with van der Waals surface area (Å²) >= 11 is 0. The largest absolute Gasteiger partial charge is 0.0628 e. The van der Waals surface area contributed by atoms with E-state index in [2.05, 4.69) is 34.6 Å². The van der Waals surface area contributed by atoms with E-state index in [0.29, 0.717) is 5.92 Å². The zero-order valence-corrected chi connectivity index (χ0v) is 9.27. The van der Waals surface area contributed by atoms with Gasteiger partial charge in [0.25, 0.3) is 0 Å². The summed E-state index contributed by atoms with van der Waals surface area (Å²) in [7, 11) is 0. The molecule has 0 fully saturated rings. The summed E-state index contributed by atoms with van der Waals surface area (Å²) < 4.78 is 0. The van der Waals surface area contributed by atoms with Crippen LogP contribution in [-0.2, 0) is 0 Å². The van der Waals surface area contributed by atoms with Crippen LogP contribution in [0.2, 0.25) is 0 Å². The Bertz CT molecular complexity index is 92.2. The Balaban J connectivity index is 3.20. The highest BCUT2D eigenvalue weighted by Crippen LogP contribution is 2.18. The molecule has 0 heteroatoms. The Morgan fingerprint density at radius 1 is 0.917 bits per heavy atom. The molecule has 0 aliphatic rings. The summed E-state index contributed by atoms with van der Waals surface area (Å²) in [5.41, 5.74) is 0. The van der Waals surface area contributed by atoms with Gasteiger partial charge >= 0.3 is 0 Å². The first-order valence-electron chi connectivity index (χ1n) is 5.37. The molecule has 0 saturated heterocycles. The van der Waals surface area contributed by atoms with Crippen molar-refractivity contribution in [1.82, 2.24) is 0 Å². The van der Waals surface area contributed by atoms with Crippen LogP contribution in [0.25, 0.3) is 0 Å². The van der Waals surface area contributed by atoms with Crippen LogP contribution >= 0.6 is 0 Å². The summed E-state index contributed by atoms with van der Waals surface area (Å²) in [5, 5.41) is 0. The van der Waals surface area contributed by atoms with Crippen molar-refractivity contribution in [3.63, 3.8) is 0 Å². The van der Waals surface area contributed by atoms with Gasteiger partial charge in [-0.3, -0.25) is 0 Å². The molecule has 0 bridgehead atoms. The van der Waals surface area contributed by atoms with E-state index in [4.69, 9.17) is 0 Å². The van der Waals surface area contributed by atoms with Gasteiger partial charge in [-0.2, -0.15) is 0 Å².